The maximum atomic E-state index is 12.6. The predicted molar refractivity (Wildman–Crippen MR) is 62.5 cm³/mol. The zero-order valence-corrected chi connectivity index (χ0v) is 11.5. The van der Waals surface area contributed by atoms with Crippen LogP contribution in [-0.2, 0) is 21.3 Å². The molecule has 6 nitrogen and oxygen atoms in total. The first-order chi connectivity index (χ1) is 9.25. The molecule has 1 saturated heterocycles. The van der Waals surface area contributed by atoms with Gasteiger partial charge in [-0.15, -0.1) is 0 Å². The van der Waals surface area contributed by atoms with E-state index in [9.17, 15) is 21.6 Å². The van der Waals surface area contributed by atoms with Gasteiger partial charge in [0.15, 0.2) is 6.10 Å². The Hall–Kier alpha value is -1.13. The van der Waals surface area contributed by atoms with Crippen LogP contribution in [0.1, 0.15) is 6.92 Å². The lowest BCUT2D eigenvalue weighted by Gasteiger charge is -2.32. The van der Waals surface area contributed by atoms with Gasteiger partial charge in [0.25, 0.3) is 0 Å². The van der Waals surface area contributed by atoms with Gasteiger partial charge in [-0.25, -0.2) is 8.42 Å². The van der Waals surface area contributed by atoms with Crippen molar-refractivity contribution in [3.05, 3.63) is 12.4 Å². The van der Waals surface area contributed by atoms with E-state index in [0.29, 0.717) is 6.54 Å². The normalized spacial score (nSPS) is 22.1. The SMILES string of the molecule is CCn1cc(S(=O)(=O)N2CCO[C@H](C(F)(F)F)C2)cn1. The third-order valence-corrected chi connectivity index (χ3v) is 4.78. The van der Waals surface area contributed by atoms with Crippen LogP contribution < -0.4 is 0 Å². The lowest BCUT2D eigenvalue weighted by atomic mass is 10.3. The molecule has 0 radical (unpaired) electrons. The zero-order valence-electron chi connectivity index (χ0n) is 10.7. The van der Waals surface area contributed by atoms with Crippen LogP contribution in [0.4, 0.5) is 13.2 Å². The molecule has 0 amide bonds. The van der Waals surface area contributed by atoms with E-state index in [2.05, 4.69) is 9.84 Å². The average molecular weight is 313 g/mol. The fourth-order valence-corrected chi connectivity index (χ4v) is 3.22. The Labute approximate surface area is 114 Å². The largest absolute Gasteiger partial charge is 0.415 e. The van der Waals surface area contributed by atoms with Crippen LogP contribution in [0.5, 0.6) is 0 Å². The summed E-state index contributed by atoms with van der Waals surface area (Å²) < 4.78 is 69.0. The highest BCUT2D eigenvalue weighted by molar-refractivity contribution is 7.89. The number of hydrogen-bond donors (Lipinski definition) is 0. The number of halogens is 3. The summed E-state index contributed by atoms with van der Waals surface area (Å²) in [6.07, 6.45) is -4.24. The van der Waals surface area contributed by atoms with Gasteiger partial charge in [-0.3, -0.25) is 4.68 Å². The molecule has 0 unspecified atom stereocenters. The summed E-state index contributed by atoms with van der Waals surface area (Å²) in [5, 5.41) is 3.82. The number of aryl methyl sites for hydroxylation is 1. The molecule has 0 aromatic carbocycles. The summed E-state index contributed by atoms with van der Waals surface area (Å²) in [7, 11) is -3.97. The van der Waals surface area contributed by atoms with Crippen molar-refractivity contribution in [2.75, 3.05) is 19.7 Å². The summed E-state index contributed by atoms with van der Waals surface area (Å²) in [6, 6.07) is 0. The van der Waals surface area contributed by atoms with Gasteiger partial charge in [0.1, 0.15) is 4.90 Å². The lowest BCUT2D eigenvalue weighted by Crippen LogP contribution is -2.50. The van der Waals surface area contributed by atoms with E-state index >= 15 is 0 Å². The maximum Gasteiger partial charge on any atom is 0.415 e. The number of sulfonamides is 1. The first-order valence-electron chi connectivity index (χ1n) is 5.96. The van der Waals surface area contributed by atoms with E-state index in [1.54, 1.807) is 6.92 Å². The topological polar surface area (TPSA) is 64.4 Å². The Morgan fingerprint density at radius 3 is 2.75 bits per heavy atom. The molecule has 1 aromatic rings. The molecule has 0 N–H and O–H groups in total. The molecule has 1 aliphatic heterocycles. The van der Waals surface area contributed by atoms with Crippen molar-refractivity contribution in [3.8, 4) is 0 Å². The van der Waals surface area contributed by atoms with Crippen LogP contribution >= 0.6 is 0 Å². The summed E-state index contributed by atoms with van der Waals surface area (Å²) in [5.41, 5.74) is 0. The minimum Gasteiger partial charge on any atom is -0.366 e. The molecule has 1 atom stereocenters. The van der Waals surface area contributed by atoms with Crippen molar-refractivity contribution in [2.45, 2.75) is 30.6 Å². The quantitative estimate of drug-likeness (QED) is 0.830. The van der Waals surface area contributed by atoms with Crippen LogP contribution in [0.15, 0.2) is 17.3 Å². The Kier molecular flexibility index (Phi) is 4.07. The predicted octanol–water partition coefficient (Wildman–Crippen LogP) is 0.855. The van der Waals surface area contributed by atoms with Gasteiger partial charge < -0.3 is 4.74 Å². The second-order valence-electron chi connectivity index (χ2n) is 4.30. The lowest BCUT2D eigenvalue weighted by molar-refractivity contribution is -0.231. The van der Waals surface area contributed by atoms with Crippen molar-refractivity contribution in [1.82, 2.24) is 14.1 Å². The fraction of sp³-hybridized carbons (Fsp3) is 0.700. The Balaban J connectivity index is 2.21. The number of ether oxygens (including phenoxy) is 1. The van der Waals surface area contributed by atoms with E-state index in [4.69, 9.17) is 0 Å². The number of rotatable bonds is 3. The smallest absolute Gasteiger partial charge is 0.366 e. The van der Waals surface area contributed by atoms with E-state index in [-0.39, 0.29) is 18.0 Å². The fourth-order valence-electron chi connectivity index (χ4n) is 1.84. The molecule has 1 aliphatic rings. The molecule has 0 spiro atoms. The second kappa shape index (κ2) is 5.34. The van der Waals surface area contributed by atoms with E-state index in [1.165, 1.54) is 10.9 Å². The van der Waals surface area contributed by atoms with Crippen LogP contribution in [0.2, 0.25) is 0 Å². The summed E-state index contributed by atoms with van der Waals surface area (Å²) in [4.78, 5) is -0.109. The highest BCUT2D eigenvalue weighted by atomic mass is 32.2. The van der Waals surface area contributed by atoms with Gasteiger partial charge in [-0.05, 0) is 6.92 Å². The van der Waals surface area contributed by atoms with Crippen molar-refractivity contribution in [3.63, 3.8) is 0 Å². The molecule has 2 rings (SSSR count). The number of morpholine rings is 1. The van der Waals surface area contributed by atoms with Crippen molar-refractivity contribution in [1.29, 1.82) is 0 Å². The molecular weight excluding hydrogens is 299 g/mol. The summed E-state index contributed by atoms with van der Waals surface area (Å²) in [6.45, 7) is 1.13. The van der Waals surface area contributed by atoms with Crippen LogP contribution in [0.3, 0.4) is 0 Å². The number of alkyl halides is 3. The highest BCUT2D eigenvalue weighted by Crippen LogP contribution is 2.28. The van der Waals surface area contributed by atoms with Crippen molar-refractivity contribution >= 4 is 10.0 Å². The molecule has 0 aliphatic carbocycles. The Bertz CT molecular complexity index is 570. The Morgan fingerprint density at radius 2 is 2.20 bits per heavy atom. The third kappa shape index (κ3) is 2.96. The van der Waals surface area contributed by atoms with E-state index < -0.39 is 28.8 Å². The molecule has 0 bridgehead atoms. The van der Waals surface area contributed by atoms with Gasteiger partial charge >= 0.3 is 6.18 Å². The maximum absolute atomic E-state index is 12.6. The third-order valence-electron chi connectivity index (χ3n) is 2.97. The second-order valence-corrected chi connectivity index (χ2v) is 6.23. The van der Waals surface area contributed by atoms with Crippen molar-refractivity contribution < 1.29 is 26.3 Å². The molecule has 1 fully saturated rings. The van der Waals surface area contributed by atoms with Crippen LogP contribution in [0, 0.1) is 0 Å². The first-order valence-corrected chi connectivity index (χ1v) is 7.40. The van der Waals surface area contributed by atoms with Gasteiger partial charge in [-0.2, -0.15) is 22.6 Å². The minimum absolute atomic E-state index is 0.105. The number of aromatic nitrogens is 2. The minimum atomic E-state index is -4.58. The van der Waals surface area contributed by atoms with Gasteiger partial charge in [0.05, 0.1) is 12.8 Å². The van der Waals surface area contributed by atoms with E-state index in [1.807, 2.05) is 0 Å². The Morgan fingerprint density at radius 1 is 1.50 bits per heavy atom. The van der Waals surface area contributed by atoms with E-state index in [0.717, 1.165) is 10.5 Å². The zero-order chi connectivity index (χ0) is 15.0. The summed E-state index contributed by atoms with van der Waals surface area (Å²) >= 11 is 0. The molecule has 1 aromatic heterocycles. The van der Waals surface area contributed by atoms with Gasteiger partial charge in [0.2, 0.25) is 10.0 Å². The molecular formula is C10H14F3N3O3S. The molecule has 10 heteroatoms. The number of hydrogen-bond acceptors (Lipinski definition) is 4. The summed E-state index contributed by atoms with van der Waals surface area (Å²) in [5.74, 6) is 0. The standard InChI is InChI=1S/C10H14F3N3O3S/c1-2-15-6-8(5-14-15)20(17,18)16-3-4-19-9(7-16)10(11,12)13/h5-6,9H,2-4,7H2,1H3/t9-/m0/s1. The van der Waals surface area contributed by atoms with Gasteiger partial charge in [-0.1, -0.05) is 0 Å². The van der Waals surface area contributed by atoms with Gasteiger partial charge in [0, 0.05) is 25.8 Å². The molecule has 114 valence electrons. The average Bonchev–Trinajstić information content (AvgIpc) is 2.87. The molecule has 0 saturated carbocycles. The highest BCUT2D eigenvalue weighted by Gasteiger charge is 2.45. The van der Waals surface area contributed by atoms with Crippen LogP contribution in [0.25, 0.3) is 0 Å². The molecule has 20 heavy (non-hydrogen) atoms. The monoisotopic (exact) mass is 313 g/mol. The van der Waals surface area contributed by atoms with Crippen LogP contribution in [-0.4, -0.2) is 54.5 Å². The van der Waals surface area contributed by atoms with Crippen molar-refractivity contribution in [2.24, 2.45) is 0 Å². The first kappa shape index (κ1) is 15.3. The molecule has 2 heterocycles. The number of nitrogens with zero attached hydrogens (tertiary/aromatic N) is 3.